The van der Waals surface area contributed by atoms with Crippen LogP contribution in [0.15, 0.2) is 18.5 Å². The molecule has 0 saturated carbocycles. The van der Waals surface area contributed by atoms with E-state index in [1.54, 1.807) is 13.3 Å². The van der Waals surface area contributed by atoms with E-state index in [-0.39, 0.29) is 0 Å². The number of aryl methyl sites for hydroxylation is 1. The molecule has 0 aromatic carbocycles. The van der Waals surface area contributed by atoms with E-state index in [1.807, 2.05) is 19.2 Å². The molecule has 2 heterocycles. The molecular formula is C11H15N5O. The van der Waals surface area contributed by atoms with Gasteiger partial charge in [0.05, 0.1) is 18.0 Å². The summed E-state index contributed by atoms with van der Waals surface area (Å²) in [4.78, 5) is 8.55. The van der Waals surface area contributed by atoms with E-state index in [1.165, 1.54) is 0 Å². The van der Waals surface area contributed by atoms with Crippen LogP contribution in [0.25, 0.3) is 11.3 Å². The van der Waals surface area contributed by atoms with Crippen LogP contribution in [0.4, 0.5) is 5.95 Å². The lowest BCUT2D eigenvalue weighted by Crippen LogP contribution is -2.10. The topological polar surface area (TPSA) is 75.7 Å². The Balaban J connectivity index is 2.14. The molecular weight excluding hydrogens is 218 g/mol. The van der Waals surface area contributed by atoms with Gasteiger partial charge >= 0.3 is 0 Å². The molecule has 6 nitrogen and oxygen atoms in total. The molecule has 0 aliphatic rings. The van der Waals surface area contributed by atoms with Gasteiger partial charge in [-0.15, -0.1) is 0 Å². The molecule has 0 aliphatic heterocycles. The predicted octanol–water partition coefficient (Wildman–Crippen LogP) is 1.23. The number of anilines is 1. The van der Waals surface area contributed by atoms with Gasteiger partial charge in [-0.25, -0.2) is 9.97 Å². The Morgan fingerprint density at radius 1 is 1.47 bits per heavy atom. The summed E-state index contributed by atoms with van der Waals surface area (Å²) in [6.45, 7) is 3.24. The molecule has 0 bridgehead atoms. The first kappa shape index (κ1) is 11.5. The molecule has 0 fully saturated rings. The molecule has 0 unspecified atom stereocenters. The summed E-state index contributed by atoms with van der Waals surface area (Å²) in [5.41, 5.74) is 2.76. The van der Waals surface area contributed by atoms with Crippen molar-refractivity contribution in [3.63, 3.8) is 0 Å². The normalized spacial score (nSPS) is 10.5. The van der Waals surface area contributed by atoms with Crippen LogP contribution in [0.2, 0.25) is 0 Å². The first-order valence-corrected chi connectivity index (χ1v) is 5.38. The van der Waals surface area contributed by atoms with Crippen molar-refractivity contribution in [3.8, 4) is 11.3 Å². The summed E-state index contributed by atoms with van der Waals surface area (Å²) in [5, 5.41) is 9.98. The molecule has 2 aromatic rings. The minimum Gasteiger partial charge on any atom is -0.383 e. The van der Waals surface area contributed by atoms with Gasteiger partial charge in [-0.1, -0.05) is 0 Å². The van der Waals surface area contributed by atoms with Crippen LogP contribution in [0.3, 0.4) is 0 Å². The Bertz CT molecular complexity index is 482. The first-order chi connectivity index (χ1) is 8.31. The van der Waals surface area contributed by atoms with Crippen LogP contribution in [-0.4, -0.2) is 40.4 Å². The second-order valence-electron chi connectivity index (χ2n) is 3.57. The number of H-pyrrole nitrogens is 1. The van der Waals surface area contributed by atoms with Crippen LogP contribution in [0.5, 0.6) is 0 Å². The Labute approximate surface area is 99.4 Å². The second kappa shape index (κ2) is 5.40. The van der Waals surface area contributed by atoms with Gasteiger partial charge in [0.2, 0.25) is 5.95 Å². The van der Waals surface area contributed by atoms with Gasteiger partial charge in [0, 0.05) is 31.6 Å². The van der Waals surface area contributed by atoms with E-state index in [2.05, 4.69) is 25.5 Å². The quantitative estimate of drug-likeness (QED) is 0.760. The third-order valence-electron chi connectivity index (χ3n) is 2.35. The number of hydrogen-bond donors (Lipinski definition) is 2. The van der Waals surface area contributed by atoms with Gasteiger partial charge < -0.3 is 10.1 Å². The van der Waals surface area contributed by atoms with Crippen molar-refractivity contribution in [2.45, 2.75) is 6.92 Å². The molecule has 2 N–H and O–H groups in total. The van der Waals surface area contributed by atoms with Crippen LogP contribution < -0.4 is 5.32 Å². The van der Waals surface area contributed by atoms with Crippen LogP contribution in [0, 0.1) is 6.92 Å². The lowest BCUT2D eigenvalue weighted by Gasteiger charge is -2.05. The largest absolute Gasteiger partial charge is 0.383 e. The predicted molar refractivity (Wildman–Crippen MR) is 64.7 cm³/mol. The Kier molecular flexibility index (Phi) is 3.66. The van der Waals surface area contributed by atoms with E-state index in [9.17, 15) is 0 Å². The maximum atomic E-state index is 4.95. The average molecular weight is 233 g/mol. The molecule has 0 saturated heterocycles. The fourth-order valence-electron chi connectivity index (χ4n) is 1.48. The number of ether oxygens (including phenoxy) is 1. The first-order valence-electron chi connectivity index (χ1n) is 5.38. The maximum Gasteiger partial charge on any atom is 0.223 e. The van der Waals surface area contributed by atoms with Crippen LogP contribution >= 0.6 is 0 Å². The van der Waals surface area contributed by atoms with Crippen molar-refractivity contribution in [2.24, 2.45) is 0 Å². The van der Waals surface area contributed by atoms with Gasteiger partial charge in [-0.3, -0.25) is 5.10 Å². The van der Waals surface area contributed by atoms with Gasteiger partial charge in [0.1, 0.15) is 0 Å². The lowest BCUT2D eigenvalue weighted by molar-refractivity contribution is 0.210. The van der Waals surface area contributed by atoms with Gasteiger partial charge in [0.15, 0.2) is 0 Å². The highest BCUT2D eigenvalue weighted by Crippen LogP contribution is 2.19. The highest BCUT2D eigenvalue weighted by Gasteiger charge is 2.06. The zero-order chi connectivity index (χ0) is 12.1. The highest BCUT2D eigenvalue weighted by atomic mass is 16.5. The van der Waals surface area contributed by atoms with Crippen molar-refractivity contribution in [1.29, 1.82) is 0 Å². The van der Waals surface area contributed by atoms with Gasteiger partial charge in [-0.05, 0) is 13.0 Å². The monoisotopic (exact) mass is 233 g/mol. The zero-order valence-electron chi connectivity index (χ0n) is 9.90. The highest BCUT2D eigenvalue weighted by molar-refractivity contribution is 5.61. The van der Waals surface area contributed by atoms with E-state index in [0.717, 1.165) is 17.0 Å². The summed E-state index contributed by atoms with van der Waals surface area (Å²) in [7, 11) is 1.66. The summed E-state index contributed by atoms with van der Waals surface area (Å²) in [6, 6.07) is 1.86. The van der Waals surface area contributed by atoms with Crippen LogP contribution in [0.1, 0.15) is 5.69 Å². The number of aromatic amines is 1. The van der Waals surface area contributed by atoms with Crippen molar-refractivity contribution in [3.05, 3.63) is 24.2 Å². The van der Waals surface area contributed by atoms with Gasteiger partial charge in [0.25, 0.3) is 0 Å². The molecule has 2 aromatic heterocycles. The summed E-state index contributed by atoms with van der Waals surface area (Å²) >= 11 is 0. The van der Waals surface area contributed by atoms with E-state index in [0.29, 0.717) is 19.1 Å². The van der Waals surface area contributed by atoms with Crippen molar-refractivity contribution < 1.29 is 4.74 Å². The smallest absolute Gasteiger partial charge is 0.223 e. The van der Waals surface area contributed by atoms with E-state index < -0.39 is 0 Å². The number of rotatable bonds is 5. The Morgan fingerprint density at radius 2 is 2.35 bits per heavy atom. The fraction of sp³-hybridized carbons (Fsp3) is 0.364. The summed E-state index contributed by atoms with van der Waals surface area (Å²) in [6.07, 6.45) is 3.56. The minimum atomic E-state index is 0.597. The fourth-order valence-corrected chi connectivity index (χ4v) is 1.48. The molecule has 0 spiro atoms. The molecule has 0 aliphatic carbocycles. The number of nitrogens with zero attached hydrogens (tertiary/aromatic N) is 3. The molecule has 0 amide bonds. The molecule has 2 rings (SSSR count). The van der Waals surface area contributed by atoms with Crippen LogP contribution in [-0.2, 0) is 4.74 Å². The van der Waals surface area contributed by atoms with Crippen molar-refractivity contribution >= 4 is 5.95 Å². The Morgan fingerprint density at radius 3 is 3.06 bits per heavy atom. The van der Waals surface area contributed by atoms with E-state index in [4.69, 9.17) is 4.74 Å². The van der Waals surface area contributed by atoms with E-state index >= 15 is 0 Å². The van der Waals surface area contributed by atoms with Crippen molar-refractivity contribution in [2.75, 3.05) is 25.6 Å². The number of methoxy groups -OCH3 is 1. The maximum absolute atomic E-state index is 4.95. The number of hydrogen-bond acceptors (Lipinski definition) is 5. The Hall–Kier alpha value is -1.95. The molecule has 90 valence electrons. The summed E-state index contributed by atoms with van der Waals surface area (Å²) in [5.74, 6) is 0.597. The third-order valence-corrected chi connectivity index (χ3v) is 2.35. The molecule has 0 atom stereocenters. The number of nitrogens with one attached hydrogen (secondary N) is 2. The number of aromatic nitrogens is 4. The average Bonchev–Trinajstić information content (AvgIpc) is 2.76. The molecule has 0 radical (unpaired) electrons. The summed E-state index contributed by atoms with van der Waals surface area (Å²) < 4.78 is 4.95. The molecule has 6 heteroatoms. The lowest BCUT2D eigenvalue weighted by atomic mass is 10.2. The second-order valence-corrected chi connectivity index (χ2v) is 3.57. The zero-order valence-corrected chi connectivity index (χ0v) is 9.90. The molecule has 17 heavy (non-hydrogen) atoms. The van der Waals surface area contributed by atoms with Gasteiger partial charge in [-0.2, -0.15) is 5.10 Å². The standard InChI is InChI=1S/C11H15N5O/c1-8-9(7-14-16-8)10-3-4-12-11(15-10)13-5-6-17-2/h3-4,7H,5-6H2,1-2H3,(H,14,16)(H,12,13,15). The SMILES string of the molecule is COCCNc1nccc(-c2c[nH]nc2C)n1. The third kappa shape index (κ3) is 2.79. The van der Waals surface area contributed by atoms with Crippen molar-refractivity contribution in [1.82, 2.24) is 20.2 Å². The minimum absolute atomic E-state index is 0.597.